The van der Waals surface area contributed by atoms with Crippen molar-refractivity contribution in [2.75, 3.05) is 31.6 Å². The van der Waals surface area contributed by atoms with Gasteiger partial charge in [0.2, 0.25) is 11.8 Å². The Kier molecular flexibility index (Phi) is 5.34. The number of nitrogens with one attached hydrogen (secondary N) is 2. The number of fused-ring (bicyclic) bond motifs is 1. The Morgan fingerprint density at radius 1 is 1.21 bits per heavy atom. The van der Waals surface area contributed by atoms with Gasteiger partial charge in [-0.3, -0.25) is 4.90 Å². The fourth-order valence-corrected chi connectivity index (χ4v) is 4.87. The molecule has 1 saturated heterocycles. The highest BCUT2D eigenvalue weighted by molar-refractivity contribution is 7.10. The first-order chi connectivity index (χ1) is 14.2. The molecule has 2 aliphatic rings. The van der Waals surface area contributed by atoms with Gasteiger partial charge < -0.3 is 19.8 Å². The van der Waals surface area contributed by atoms with Crippen LogP contribution in [0.5, 0.6) is 5.88 Å². The van der Waals surface area contributed by atoms with Gasteiger partial charge in [0.1, 0.15) is 16.6 Å². The topological polar surface area (TPSA) is 88.2 Å². The number of aromatic nitrogens is 4. The first-order valence-corrected chi connectivity index (χ1v) is 11.1. The Morgan fingerprint density at radius 3 is 2.79 bits per heavy atom. The van der Waals surface area contributed by atoms with Gasteiger partial charge in [0.05, 0.1) is 24.4 Å². The van der Waals surface area contributed by atoms with Gasteiger partial charge in [0.25, 0.3) is 0 Å². The van der Waals surface area contributed by atoms with E-state index in [0.717, 1.165) is 73.7 Å². The number of ether oxygens (including phenoxy) is 2. The fraction of sp³-hybridized carbons (Fsp3) is 0.550. The van der Waals surface area contributed by atoms with E-state index in [4.69, 9.17) is 9.47 Å². The van der Waals surface area contributed by atoms with E-state index in [0.29, 0.717) is 17.9 Å². The van der Waals surface area contributed by atoms with Crippen LogP contribution < -0.4 is 10.1 Å². The first-order valence-electron chi connectivity index (χ1n) is 10.3. The highest BCUT2D eigenvalue weighted by Gasteiger charge is 2.28. The molecule has 2 N–H and O–H groups in total. The number of aryl methyl sites for hydroxylation is 1. The van der Waals surface area contributed by atoms with Crippen molar-refractivity contribution in [2.45, 2.75) is 44.8 Å². The smallest absolute Gasteiger partial charge is 0.243 e. The summed E-state index contributed by atoms with van der Waals surface area (Å²) in [5.74, 6) is 1.16. The second-order valence-corrected chi connectivity index (χ2v) is 8.55. The standard InChI is InChI=1S/C20H26N6O2S/c1-13-12-17(29-25-13)23-20-22-16-6-7-21-18(16)19(24-20)28-15-4-2-14(3-5-15)26-8-10-27-11-9-26/h6-7,12,14-15,21H,2-5,8-11H2,1H3,(H,22,23,24). The predicted molar refractivity (Wildman–Crippen MR) is 113 cm³/mol. The summed E-state index contributed by atoms with van der Waals surface area (Å²) in [5, 5.41) is 4.18. The molecule has 4 heterocycles. The van der Waals surface area contributed by atoms with Crippen molar-refractivity contribution in [3.8, 4) is 5.88 Å². The number of nitrogens with zero attached hydrogens (tertiary/aromatic N) is 4. The average molecular weight is 415 g/mol. The van der Waals surface area contributed by atoms with E-state index < -0.39 is 0 Å². The van der Waals surface area contributed by atoms with Crippen LogP contribution in [0, 0.1) is 6.92 Å². The lowest BCUT2D eigenvalue weighted by molar-refractivity contribution is -0.00126. The van der Waals surface area contributed by atoms with Gasteiger partial charge >= 0.3 is 0 Å². The Bertz CT molecular complexity index is 959. The summed E-state index contributed by atoms with van der Waals surface area (Å²) in [6.45, 7) is 5.79. The van der Waals surface area contributed by atoms with Crippen LogP contribution in [0.25, 0.3) is 11.0 Å². The molecule has 2 fully saturated rings. The minimum Gasteiger partial charge on any atom is -0.473 e. The number of hydrogen-bond donors (Lipinski definition) is 2. The monoisotopic (exact) mass is 414 g/mol. The molecule has 0 radical (unpaired) electrons. The molecule has 0 unspecified atom stereocenters. The summed E-state index contributed by atoms with van der Waals surface area (Å²) in [7, 11) is 0. The SMILES string of the molecule is Cc1cc(Nc2nc(OC3CCC(N4CCOCC4)CC3)c3[nH]ccc3n2)sn1. The van der Waals surface area contributed by atoms with E-state index in [-0.39, 0.29) is 6.10 Å². The molecule has 3 aromatic heterocycles. The third-order valence-electron chi connectivity index (χ3n) is 5.72. The van der Waals surface area contributed by atoms with E-state index in [9.17, 15) is 0 Å². The zero-order valence-corrected chi connectivity index (χ0v) is 17.4. The van der Waals surface area contributed by atoms with Crippen LogP contribution in [0.3, 0.4) is 0 Å². The maximum absolute atomic E-state index is 6.37. The van der Waals surface area contributed by atoms with Crippen molar-refractivity contribution in [1.82, 2.24) is 24.2 Å². The van der Waals surface area contributed by atoms with Crippen molar-refractivity contribution in [3.05, 3.63) is 24.0 Å². The molecular weight excluding hydrogens is 388 g/mol. The van der Waals surface area contributed by atoms with Gasteiger partial charge in [-0.2, -0.15) is 9.36 Å². The molecule has 1 aliphatic carbocycles. The first kappa shape index (κ1) is 18.8. The molecular formula is C20H26N6O2S. The molecule has 0 amide bonds. The molecule has 9 heteroatoms. The highest BCUT2D eigenvalue weighted by atomic mass is 32.1. The van der Waals surface area contributed by atoms with Crippen LogP contribution in [0.2, 0.25) is 0 Å². The maximum Gasteiger partial charge on any atom is 0.243 e. The van der Waals surface area contributed by atoms with Gasteiger partial charge in [-0.05, 0) is 56.3 Å². The molecule has 0 spiro atoms. The molecule has 0 atom stereocenters. The molecule has 154 valence electrons. The van der Waals surface area contributed by atoms with Crippen LogP contribution >= 0.6 is 11.5 Å². The summed E-state index contributed by atoms with van der Waals surface area (Å²) in [4.78, 5) is 15.1. The lowest BCUT2D eigenvalue weighted by atomic mass is 9.91. The zero-order chi connectivity index (χ0) is 19.6. The molecule has 0 aromatic carbocycles. The number of rotatable bonds is 5. The minimum atomic E-state index is 0.187. The number of aromatic amines is 1. The third kappa shape index (κ3) is 4.22. The van der Waals surface area contributed by atoms with Gasteiger partial charge in [-0.25, -0.2) is 4.98 Å². The van der Waals surface area contributed by atoms with Crippen molar-refractivity contribution in [2.24, 2.45) is 0 Å². The molecule has 29 heavy (non-hydrogen) atoms. The maximum atomic E-state index is 6.37. The Morgan fingerprint density at radius 2 is 2.03 bits per heavy atom. The quantitative estimate of drug-likeness (QED) is 0.661. The molecule has 3 aromatic rings. The number of anilines is 2. The van der Waals surface area contributed by atoms with E-state index in [2.05, 4.69) is 29.5 Å². The summed E-state index contributed by atoms with van der Waals surface area (Å²) in [5.41, 5.74) is 2.68. The van der Waals surface area contributed by atoms with E-state index in [1.807, 2.05) is 25.3 Å². The number of morpholine rings is 1. The predicted octanol–water partition coefficient (Wildman–Crippen LogP) is 3.49. The minimum absolute atomic E-state index is 0.187. The normalized spacial score (nSPS) is 23.3. The molecule has 8 nitrogen and oxygen atoms in total. The average Bonchev–Trinajstić information content (AvgIpc) is 3.38. The molecule has 1 aliphatic heterocycles. The lowest BCUT2D eigenvalue weighted by Gasteiger charge is -2.38. The Hall–Kier alpha value is -2.23. The summed E-state index contributed by atoms with van der Waals surface area (Å²) in [6.07, 6.45) is 6.48. The summed E-state index contributed by atoms with van der Waals surface area (Å²) >= 11 is 1.40. The molecule has 1 saturated carbocycles. The molecule has 5 rings (SSSR count). The fourth-order valence-electron chi connectivity index (χ4n) is 4.22. The van der Waals surface area contributed by atoms with Crippen molar-refractivity contribution in [3.63, 3.8) is 0 Å². The van der Waals surface area contributed by atoms with Gasteiger partial charge in [0, 0.05) is 25.3 Å². The van der Waals surface area contributed by atoms with Crippen LogP contribution in [-0.2, 0) is 4.74 Å². The Labute approximate surface area is 173 Å². The second kappa shape index (κ2) is 8.25. The highest BCUT2D eigenvalue weighted by Crippen LogP contribution is 2.30. The van der Waals surface area contributed by atoms with E-state index in [1.165, 1.54) is 11.5 Å². The van der Waals surface area contributed by atoms with Crippen LogP contribution in [-0.4, -0.2) is 62.7 Å². The third-order valence-corrected chi connectivity index (χ3v) is 6.52. The van der Waals surface area contributed by atoms with Crippen LogP contribution in [0.4, 0.5) is 10.9 Å². The van der Waals surface area contributed by atoms with E-state index >= 15 is 0 Å². The lowest BCUT2D eigenvalue weighted by Crippen LogP contribution is -2.46. The summed E-state index contributed by atoms with van der Waals surface area (Å²) in [6, 6.07) is 4.59. The Balaban J connectivity index is 1.28. The summed E-state index contributed by atoms with van der Waals surface area (Å²) < 4.78 is 16.2. The van der Waals surface area contributed by atoms with Crippen LogP contribution in [0.1, 0.15) is 31.4 Å². The van der Waals surface area contributed by atoms with Crippen molar-refractivity contribution < 1.29 is 9.47 Å². The number of hydrogen-bond acceptors (Lipinski definition) is 8. The van der Waals surface area contributed by atoms with Gasteiger partial charge in [0.15, 0.2) is 0 Å². The zero-order valence-electron chi connectivity index (χ0n) is 16.6. The van der Waals surface area contributed by atoms with Crippen molar-refractivity contribution >= 4 is 33.5 Å². The number of H-pyrrole nitrogens is 1. The largest absolute Gasteiger partial charge is 0.473 e. The van der Waals surface area contributed by atoms with Gasteiger partial charge in [-0.15, -0.1) is 0 Å². The van der Waals surface area contributed by atoms with Crippen molar-refractivity contribution in [1.29, 1.82) is 0 Å². The molecule has 0 bridgehead atoms. The van der Waals surface area contributed by atoms with Gasteiger partial charge in [-0.1, -0.05) is 0 Å². The van der Waals surface area contributed by atoms with E-state index in [1.54, 1.807) is 0 Å². The van der Waals surface area contributed by atoms with Crippen LogP contribution in [0.15, 0.2) is 18.3 Å². The second-order valence-electron chi connectivity index (χ2n) is 7.74.